The maximum absolute atomic E-state index is 12.5. The van der Waals surface area contributed by atoms with Gasteiger partial charge in [0.15, 0.2) is 0 Å². The van der Waals surface area contributed by atoms with Crippen molar-refractivity contribution < 1.29 is 12.8 Å². The maximum Gasteiger partial charge on any atom is 0.276 e. The van der Waals surface area contributed by atoms with Gasteiger partial charge in [-0.2, -0.15) is 4.31 Å². The summed E-state index contributed by atoms with van der Waals surface area (Å²) in [5.74, 6) is 0.881. The van der Waals surface area contributed by atoms with E-state index in [2.05, 4.69) is 6.92 Å². The zero-order valence-corrected chi connectivity index (χ0v) is 11.6. The molecule has 2 heterocycles. The number of nitrogens with zero attached hydrogens (tertiary/aromatic N) is 1. The van der Waals surface area contributed by atoms with Gasteiger partial charge in [-0.1, -0.05) is 6.92 Å². The van der Waals surface area contributed by atoms with Gasteiger partial charge in [0, 0.05) is 12.6 Å². The highest BCUT2D eigenvalue weighted by atomic mass is 32.2. The Kier molecular flexibility index (Phi) is 3.79. The summed E-state index contributed by atoms with van der Waals surface area (Å²) in [6.07, 6.45) is 1.96. The normalized spacial score (nSPS) is 26.4. The van der Waals surface area contributed by atoms with E-state index in [-0.39, 0.29) is 17.7 Å². The minimum absolute atomic E-state index is 0.00361. The third-order valence-electron chi connectivity index (χ3n) is 3.46. The maximum atomic E-state index is 12.5. The highest BCUT2D eigenvalue weighted by Crippen LogP contribution is 2.28. The molecule has 102 valence electrons. The molecule has 1 aliphatic rings. The molecule has 6 heteroatoms. The van der Waals surface area contributed by atoms with E-state index >= 15 is 0 Å². The minimum Gasteiger partial charge on any atom is -0.447 e. The van der Waals surface area contributed by atoms with Crippen LogP contribution in [0.5, 0.6) is 0 Å². The van der Waals surface area contributed by atoms with Crippen LogP contribution >= 0.6 is 0 Å². The third kappa shape index (κ3) is 2.46. The van der Waals surface area contributed by atoms with Crippen LogP contribution in [0, 0.1) is 5.92 Å². The van der Waals surface area contributed by atoms with E-state index in [1.807, 2.05) is 6.92 Å². The van der Waals surface area contributed by atoms with E-state index in [9.17, 15) is 8.42 Å². The number of hydrogen-bond acceptors (Lipinski definition) is 4. The molecule has 0 radical (unpaired) electrons. The van der Waals surface area contributed by atoms with Gasteiger partial charge in [0.25, 0.3) is 10.0 Å². The summed E-state index contributed by atoms with van der Waals surface area (Å²) in [6, 6.07) is 3.13. The third-order valence-corrected chi connectivity index (χ3v) is 5.32. The van der Waals surface area contributed by atoms with Crippen LogP contribution in [0.3, 0.4) is 0 Å². The minimum atomic E-state index is -3.52. The lowest BCUT2D eigenvalue weighted by atomic mass is 9.97. The molecular weight excluding hydrogens is 252 g/mol. The molecule has 0 spiro atoms. The van der Waals surface area contributed by atoms with Crippen molar-refractivity contribution in [2.75, 3.05) is 6.54 Å². The lowest BCUT2D eigenvalue weighted by Crippen LogP contribution is -2.44. The van der Waals surface area contributed by atoms with E-state index in [1.54, 1.807) is 10.4 Å². The van der Waals surface area contributed by atoms with Gasteiger partial charge in [-0.05, 0) is 37.8 Å². The molecule has 2 atom stereocenters. The number of furan rings is 1. The molecule has 0 aliphatic carbocycles. The van der Waals surface area contributed by atoms with Crippen LogP contribution in [0.25, 0.3) is 0 Å². The fourth-order valence-corrected chi connectivity index (χ4v) is 4.02. The van der Waals surface area contributed by atoms with Crippen LogP contribution in [0.4, 0.5) is 0 Å². The molecule has 0 bridgehead atoms. The van der Waals surface area contributed by atoms with Gasteiger partial charge < -0.3 is 10.2 Å². The quantitative estimate of drug-likeness (QED) is 0.905. The Bertz CT molecular complexity index is 509. The van der Waals surface area contributed by atoms with E-state index < -0.39 is 10.0 Å². The van der Waals surface area contributed by atoms with Gasteiger partial charge in [0.05, 0.1) is 6.54 Å². The first-order valence-corrected chi connectivity index (χ1v) is 7.69. The molecule has 1 fully saturated rings. The van der Waals surface area contributed by atoms with Crippen molar-refractivity contribution in [2.45, 2.75) is 44.4 Å². The molecule has 0 saturated carbocycles. The van der Waals surface area contributed by atoms with Gasteiger partial charge in [-0.3, -0.25) is 0 Å². The van der Waals surface area contributed by atoms with Gasteiger partial charge in [-0.25, -0.2) is 8.42 Å². The average Bonchev–Trinajstić information content (AvgIpc) is 2.81. The Balaban J connectivity index is 2.29. The van der Waals surface area contributed by atoms with Crippen molar-refractivity contribution in [1.29, 1.82) is 0 Å². The van der Waals surface area contributed by atoms with Gasteiger partial charge in [0.1, 0.15) is 5.76 Å². The molecule has 1 aromatic rings. The highest BCUT2D eigenvalue weighted by molar-refractivity contribution is 7.89. The predicted octanol–water partition coefficient (Wildman–Crippen LogP) is 1.55. The van der Waals surface area contributed by atoms with Crippen LogP contribution in [-0.2, 0) is 16.6 Å². The molecule has 1 aliphatic heterocycles. The smallest absolute Gasteiger partial charge is 0.276 e. The van der Waals surface area contributed by atoms with Crippen LogP contribution in [0.1, 0.15) is 32.4 Å². The molecule has 2 rings (SSSR count). The fraction of sp³-hybridized carbons (Fsp3) is 0.667. The van der Waals surface area contributed by atoms with Gasteiger partial charge in [-0.15, -0.1) is 0 Å². The topological polar surface area (TPSA) is 76.5 Å². The highest BCUT2D eigenvalue weighted by Gasteiger charge is 2.35. The van der Waals surface area contributed by atoms with Crippen molar-refractivity contribution in [3.05, 3.63) is 17.9 Å². The molecule has 5 nitrogen and oxygen atoms in total. The number of nitrogens with two attached hydrogens (primary N) is 1. The molecule has 1 saturated heterocycles. The van der Waals surface area contributed by atoms with Crippen LogP contribution in [0.2, 0.25) is 0 Å². The first-order chi connectivity index (χ1) is 8.45. The van der Waals surface area contributed by atoms with Gasteiger partial charge >= 0.3 is 0 Å². The number of rotatable bonds is 3. The molecule has 0 amide bonds. The van der Waals surface area contributed by atoms with E-state index in [0.29, 0.717) is 18.2 Å². The summed E-state index contributed by atoms with van der Waals surface area (Å²) in [7, 11) is -3.52. The zero-order valence-electron chi connectivity index (χ0n) is 10.8. The Labute approximate surface area is 108 Å². The predicted molar refractivity (Wildman–Crippen MR) is 68.4 cm³/mol. The summed E-state index contributed by atoms with van der Waals surface area (Å²) < 4.78 is 31.7. The molecule has 18 heavy (non-hydrogen) atoms. The fourth-order valence-electron chi connectivity index (χ4n) is 2.31. The first-order valence-electron chi connectivity index (χ1n) is 6.25. The Morgan fingerprint density at radius 2 is 2.11 bits per heavy atom. The summed E-state index contributed by atoms with van der Waals surface area (Å²) in [5, 5.41) is 0.00361. The summed E-state index contributed by atoms with van der Waals surface area (Å²) in [4.78, 5) is 0. The average molecular weight is 272 g/mol. The SMILES string of the molecule is CC1CCC(C)N(S(=O)(=O)c2ccc(CN)o2)C1. The lowest BCUT2D eigenvalue weighted by molar-refractivity contribution is 0.213. The Morgan fingerprint density at radius 3 is 2.72 bits per heavy atom. The largest absolute Gasteiger partial charge is 0.447 e. The second kappa shape index (κ2) is 5.03. The van der Waals surface area contributed by atoms with E-state index in [1.165, 1.54) is 6.07 Å². The van der Waals surface area contributed by atoms with Crippen molar-refractivity contribution in [2.24, 2.45) is 11.7 Å². The zero-order chi connectivity index (χ0) is 13.3. The Hall–Kier alpha value is -0.850. The number of piperidine rings is 1. The summed E-state index contributed by atoms with van der Waals surface area (Å²) in [6.45, 7) is 4.78. The number of hydrogen-bond donors (Lipinski definition) is 1. The number of sulfonamides is 1. The van der Waals surface area contributed by atoms with Crippen LogP contribution < -0.4 is 5.73 Å². The van der Waals surface area contributed by atoms with Crippen molar-refractivity contribution in [3.8, 4) is 0 Å². The molecule has 0 aromatic carbocycles. The second-order valence-corrected chi connectivity index (χ2v) is 6.85. The van der Waals surface area contributed by atoms with Crippen molar-refractivity contribution in [1.82, 2.24) is 4.31 Å². The standard InChI is InChI=1S/C12H20N2O3S/c1-9-3-4-10(2)14(8-9)18(15,16)12-6-5-11(7-13)17-12/h5-6,9-10H,3-4,7-8,13H2,1-2H3. The van der Waals surface area contributed by atoms with E-state index in [0.717, 1.165) is 12.8 Å². The molecule has 1 aromatic heterocycles. The van der Waals surface area contributed by atoms with Crippen molar-refractivity contribution >= 4 is 10.0 Å². The molecular formula is C12H20N2O3S. The Morgan fingerprint density at radius 1 is 1.39 bits per heavy atom. The molecule has 2 unspecified atom stereocenters. The van der Waals surface area contributed by atoms with Crippen LogP contribution in [0.15, 0.2) is 21.6 Å². The first kappa shape index (κ1) is 13.6. The van der Waals surface area contributed by atoms with Crippen molar-refractivity contribution in [3.63, 3.8) is 0 Å². The summed E-state index contributed by atoms with van der Waals surface area (Å²) in [5.41, 5.74) is 5.43. The van der Waals surface area contributed by atoms with Crippen LogP contribution in [-0.4, -0.2) is 25.3 Å². The second-order valence-electron chi connectivity index (χ2n) is 5.03. The summed E-state index contributed by atoms with van der Waals surface area (Å²) >= 11 is 0. The van der Waals surface area contributed by atoms with E-state index in [4.69, 9.17) is 10.2 Å². The lowest BCUT2D eigenvalue weighted by Gasteiger charge is -2.34. The molecule has 2 N–H and O–H groups in total. The monoisotopic (exact) mass is 272 g/mol. The van der Waals surface area contributed by atoms with Gasteiger partial charge in [0.2, 0.25) is 5.09 Å².